The van der Waals surface area contributed by atoms with Gasteiger partial charge in [-0.05, 0) is 12.3 Å². The molecule has 2 aliphatic carbocycles. The minimum Gasteiger partial charge on any atom is -0.756 e. The molecule has 1 spiro atoms. The van der Waals surface area contributed by atoms with Gasteiger partial charge in [0.2, 0.25) is 5.95 Å². The molecule has 49 heavy (non-hydrogen) atoms. The van der Waals surface area contributed by atoms with Crippen LogP contribution in [0.2, 0.25) is 0 Å². The van der Waals surface area contributed by atoms with Crippen molar-refractivity contribution in [3.8, 4) is 0 Å². The number of imidazole rings is 2. The van der Waals surface area contributed by atoms with Gasteiger partial charge in [-0.2, -0.15) is 4.98 Å². The Hall–Kier alpha value is -1.40. The molecule has 252 valence electrons. The second-order valence-corrected chi connectivity index (χ2v) is 14.4. The van der Waals surface area contributed by atoms with Crippen molar-refractivity contribution in [3.05, 3.63) is 29.3 Å². The molecular formula is C23H26N10Na2O12P2. The van der Waals surface area contributed by atoms with Crippen LogP contribution in [0.1, 0.15) is 18.7 Å². The molecule has 0 aromatic carbocycles. The summed E-state index contributed by atoms with van der Waals surface area (Å²) in [5.41, 5.74) is 9.98. The zero-order valence-electron chi connectivity index (χ0n) is 26.1. The summed E-state index contributed by atoms with van der Waals surface area (Å²) >= 11 is 0. The molecule has 4 aromatic rings. The Bertz CT molecular complexity index is 2070. The Morgan fingerprint density at radius 1 is 1.04 bits per heavy atom. The van der Waals surface area contributed by atoms with E-state index in [1.165, 1.54) is 28.9 Å². The van der Waals surface area contributed by atoms with Crippen LogP contribution in [0.5, 0.6) is 0 Å². The summed E-state index contributed by atoms with van der Waals surface area (Å²) in [4.78, 5) is 61.9. The van der Waals surface area contributed by atoms with Crippen LogP contribution in [0, 0.1) is 11.3 Å². The third-order valence-electron chi connectivity index (χ3n) is 9.19. The number of hydrogen-bond acceptors (Lipinski definition) is 19. The van der Waals surface area contributed by atoms with E-state index in [0.29, 0.717) is 0 Å². The number of nitrogens with one attached hydrogen (secondary N) is 1. The first kappa shape index (κ1) is 37.4. The first-order chi connectivity index (χ1) is 22.3. The minimum absolute atomic E-state index is 0. The van der Waals surface area contributed by atoms with Gasteiger partial charge in [0.25, 0.3) is 21.2 Å². The third kappa shape index (κ3) is 6.17. The van der Waals surface area contributed by atoms with E-state index in [9.17, 15) is 28.8 Å². The van der Waals surface area contributed by atoms with Crippen molar-refractivity contribution in [1.82, 2.24) is 39.0 Å². The summed E-state index contributed by atoms with van der Waals surface area (Å²) in [5, 5.41) is 11.5. The molecule has 2 aliphatic heterocycles. The number of hydrogen-bond donors (Lipinski definition) is 4. The Labute approximate surface area is 319 Å². The number of aliphatic hydroxyl groups excluding tert-OH is 1. The minimum atomic E-state index is -5.25. The van der Waals surface area contributed by atoms with E-state index in [-0.39, 0.29) is 99.6 Å². The molecule has 4 aliphatic rings. The van der Waals surface area contributed by atoms with Crippen LogP contribution in [-0.4, -0.2) is 95.0 Å². The number of nitrogens with zero attached hydrogens (tertiary/aromatic N) is 7. The largest absolute Gasteiger partial charge is 1.00 e. The molecule has 8 rings (SSSR count). The number of aliphatic hydroxyl groups is 1. The van der Waals surface area contributed by atoms with E-state index in [4.69, 9.17) is 39.0 Å². The van der Waals surface area contributed by atoms with Crippen molar-refractivity contribution in [1.29, 1.82) is 0 Å². The Kier molecular flexibility index (Phi) is 10.1. The van der Waals surface area contributed by atoms with E-state index in [1.807, 2.05) is 0 Å². The maximum absolute atomic E-state index is 13.4. The van der Waals surface area contributed by atoms with Crippen molar-refractivity contribution in [2.24, 2.45) is 11.3 Å². The van der Waals surface area contributed by atoms with Gasteiger partial charge >= 0.3 is 59.1 Å². The smallest absolute Gasteiger partial charge is 0.756 e. The van der Waals surface area contributed by atoms with Crippen LogP contribution in [0.3, 0.4) is 0 Å². The summed E-state index contributed by atoms with van der Waals surface area (Å²) in [5.74, 6) is -0.709. The first-order valence-corrected chi connectivity index (χ1v) is 17.0. The number of nitrogen functional groups attached to an aromatic ring is 2. The molecule has 4 aromatic heterocycles. The van der Waals surface area contributed by atoms with E-state index in [1.54, 1.807) is 0 Å². The van der Waals surface area contributed by atoms with Crippen LogP contribution >= 0.6 is 15.6 Å². The topological polar surface area (TPSA) is 315 Å². The number of aromatic nitrogens is 8. The molecule has 2 saturated carbocycles. The molecule has 22 nitrogen and oxygen atoms in total. The predicted molar refractivity (Wildman–Crippen MR) is 149 cm³/mol. The first-order valence-electron chi connectivity index (χ1n) is 14.1. The van der Waals surface area contributed by atoms with E-state index < -0.39 is 88.5 Å². The maximum atomic E-state index is 13.4. The monoisotopic (exact) mass is 742 g/mol. The van der Waals surface area contributed by atoms with Crippen LogP contribution in [0.25, 0.3) is 22.3 Å². The van der Waals surface area contributed by atoms with Crippen molar-refractivity contribution < 1.29 is 111 Å². The normalized spacial score (nSPS) is 38.8. The number of phosphoric ester groups is 2. The molecule has 2 saturated heterocycles. The zero-order valence-corrected chi connectivity index (χ0v) is 31.9. The third-order valence-corrected chi connectivity index (χ3v) is 11.1. The second kappa shape index (κ2) is 13.2. The molecule has 11 atom stereocenters. The Morgan fingerprint density at radius 2 is 1.76 bits per heavy atom. The fourth-order valence-electron chi connectivity index (χ4n) is 7.06. The summed E-state index contributed by atoms with van der Waals surface area (Å²) in [7, 11) is -9.25. The molecule has 4 fully saturated rings. The van der Waals surface area contributed by atoms with Gasteiger partial charge in [-0.25, -0.2) is 19.9 Å². The number of anilines is 2. The number of H-pyrrole nitrogens is 1. The van der Waals surface area contributed by atoms with Crippen LogP contribution in [-0.2, 0) is 36.7 Å². The number of aromatic amines is 1. The quantitative estimate of drug-likeness (QED) is 0.112. The number of rotatable bonds is 3. The zero-order chi connectivity index (χ0) is 33.0. The molecule has 26 heteroatoms. The summed E-state index contributed by atoms with van der Waals surface area (Å²) in [6.45, 7) is -1.34. The number of phosphoric acid groups is 2. The van der Waals surface area contributed by atoms with Gasteiger partial charge < -0.3 is 58.5 Å². The standard InChI is InChI=1S/C23H28N10O12P2.2Na/c1-40-14-9-3-41-46(36,37)45-16-13(34)12(32-6-28-10-17(24)26-5-27-18(10)32)8-2-23(8,16)4-42-47(38,39)44-15(14)21(43-9)33-7-29-11-19(33)30-22(25)31-20(11)35;;/h5-9,12-16,21,34H,2-4H2,1H3,(H,36,37)(H,38,39)(H2,24,26,27)(H3,25,30,31,35);;/q;2*+1/p-2/t8-,9-,12-,13+,14-,15-,16+,21-,23?;;/m1../s1. The van der Waals surface area contributed by atoms with Gasteiger partial charge in [0.1, 0.15) is 42.4 Å². The number of methoxy groups -OCH3 is 1. The summed E-state index contributed by atoms with van der Waals surface area (Å²) in [6, 6.07) is -0.859. The van der Waals surface area contributed by atoms with Gasteiger partial charge in [-0.3, -0.25) is 23.5 Å². The molecule has 2 bridgehead atoms. The van der Waals surface area contributed by atoms with Crippen molar-refractivity contribution in [2.45, 2.75) is 49.2 Å². The molecule has 6 heterocycles. The summed E-state index contributed by atoms with van der Waals surface area (Å²) < 4.78 is 62.5. The number of fused-ring (bicyclic) bond motifs is 4. The molecule has 3 unspecified atom stereocenters. The fraction of sp³-hybridized carbons (Fsp3) is 0.565. The van der Waals surface area contributed by atoms with Crippen molar-refractivity contribution >= 4 is 49.7 Å². The van der Waals surface area contributed by atoms with E-state index >= 15 is 0 Å². The van der Waals surface area contributed by atoms with Crippen molar-refractivity contribution in [3.63, 3.8) is 0 Å². The Morgan fingerprint density at radius 3 is 2.51 bits per heavy atom. The molecular weight excluding hydrogens is 716 g/mol. The SMILES string of the molecule is CO[C@H]1[C@H]2OP(=O)([O-])OCC34C[C@@H]3[C@@H](n3cnc5c(N)ncnc53)[C@H](O)[C@@H]4OP(=O)([O-])OC[C@H]1O[C@H]2n1cnc2c(=O)[nH]c(N)nc21.[Na+].[Na+]. The van der Waals surface area contributed by atoms with Gasteiger partial charge in [-0.15, -0.1) is 0 Å². The van der Waals surface area contributed by atoms with Gasteiger partial charge in [0.05, 0.1) is 31.9 Å². The number of nitrogens with two attached hydrogens (primary N) is 2. The van der Waals surface area contributed by atoms with Crippen LogP contribution < -0.4 is 85.9 Å². The second-order valence-electron chi connectivity index (χ2n) is 11.7. The van der Waals surface area contributed by atoms with E-state index in [2.05, 4.69) is 29.9 Å². The van der Waals surface area contributed by atoms with Crippen LogP contribution in [0.4, 0.5) is 11.8 Å². The predicted octanol–water partition coefficient (Wildman–Crippen LogP) is -8.28. The van der Waals surface area contributed by atoms with Crippen LogP contribution in [0.15, 0.2) is 23.8 Å². The Balaban J connectivity index is 0.00000208. The van der Waals surface area contributed by atoms with Gasteiger partial charge in [0, 0.05) is 12.5 Å². The maximum Gasteiger partial charge on any atom is 1.00 e. The average molecular weight is 742 g/mol. The average Bonchev–Trinajstić information content (AvgIpc) is 3.30. The molecule has 6 N–H and O–H groups in total. The molecule has 0 radical (unpaired) electrons. The van der Waals surface area contributed by atoms with Gasteiger partial charge in [-0.1, -0.05) is 0 Å². The fourth-order valence-corrected chi connectivity index (χ4v) is 9.05. The van der Waals surface area contributed by atoms with E-state index in [0.717, 1.165) is 6.33 Å². The number of ether oxygens (including phenoxy) is 2. The van der Waals surface area contributed by atoms with Crippen molar-refractivity contribution in [2.75, 3.05) is 31.8 Å². The molecule has 0 amide bonds. The summed E-state index contributed by atoms with van der Waals surface area (Å²) in [6.07, 6.45) is -4.50. The van der Waals surface area contributed by atoms with Gasteiger partial charge in [0.15, 0.2) is 28.9 Å².